The van der Waals surface area contributed by atoms with Gasteiger partial charge in [-0.1, -0.05) is 31.2 Å². The second-order valence-corrected chi connectivity index (χ2v) is 18.8. The molecule has 7 heterocycles. The summed E-state index contributed by atoms with van der Waals surface area (Å²) < 4.78 is 0. The van der Waals surface area contributed by atoms with Gasteiger partial charge in [-0.3, -0.25) is 34.2 Å². The first-order valence-electron chi connectivity index (χ1n) is 23.1. The monoisotopic (exact) mass is 888 g/mol. The smallest absolute Gasteiger partial charge is 0.320 e. The van der Waals surface area contributed by atoms with Gasteiger partial charge in [0, 0.05) is 103 Å². The van der Waals surface area contributed by atoms with Crippen LogP contribution in [0.4, 0.5) is 22.1 Å². The highest BCUT2D eigenvalue weighted by atomic mass is 16.2. The van der Waals surface area contributed by atoms with E-state index in [-0.39, 0.29) is 53.1 Å². The summed E-state index contributed by atoms with van der Waals surface area (Å²) in [7, 11) is 1.83. The van der Waals surface area contributed by atoms with E-state index in [0.717, 1.165) is 94.7 Å². The number of likely N-dealkylation sites (N-methyl/N-ethyl adjacent to an activating group) is 1. The number of nitrogens with zero attached hydrogens (tertiary/aromatic N) is 9. The summed E-state index contributed by atoms with van der Waals surface area (Å²) in [5.41, 5.74) is 10.3. The summed E-state index contributed by atoms with van der Waals surface area (Å²) in [6, 6.07) is 13.5. The van der Waals surface area contributed by atoms with Crippen LogP contribution in [0.15, 0.2) is 48.7 Å². The van der Waals surface area contributed by atoms with Crippen LogP contribution in [0, 0.1) is 0 Å². The molecule has 0 bridgehead atoms. The minimum atomic E-state index is -0.674. The molecule has 5 saturated heterocycles. The molecule has 3 aromatic rings. The van der Waals surface area contributed by atoms with Crippen molar-refractivity contribution in [1.29, 1.82) is 0 Å². The molecule has 4 N–H and O–H groups in total. The van der Waals surface area contributed by atoms with E-state index in [1.807, 2.05) is 41.1 Å². The van der Waals surface area contributed by atoms with Crippen LogP contribution in [-0.2, 0) is 32.8 Å². The molecule has 7 amide bonds. The molecule has 0 radical (unpaired) electrons. The number of hydrogen-bond donors (Lipinski definition) is 3. The Hall–Kier alpha value is -6.14. The van der Waals surface area contributed by atoms with E-state index in [9.17, 15) is 28.8 Å². The number of likely N-dealkylation sites (tertiary alicyclic amines) is 1. The number of nitrogens with two attached hydrogens (primary N) is 1. The van der Waals surface area contributed by atoms with Gasteiger partial charge in [0.2, 0.25) is 17.7 Å². The minimum Gasteiger partial charge on any atom is -0.364 e. The Morgan fingerprint density at radius 1 is 0.892 bits per heavy atom. The molecule has 5 fully saturated rings. The van der Waals surface area contributed by atoms with Gasteiger partial charge in [0.15, 0.2) is 11.5 Å². The van der Waals surface area contributed by atoms with E-state index in [2.05, 4.69) is 55.4 Å². The van der Waals surface area contributed by atoms with Crippen LogP contribution in [-0.4, -0.2) is 173 Å². The first-order chi connectivity index (χ1) is 31.3. The van der Waals surface area contributed by atoms with Crippen LogP contribution < -0.4 is 21.3 Å². The number of carbonyl (C=O) groups is 6. The second-order valence-electron chi connectivity index (χ2n) is 18.8. The maximum absolute atomic E-state index is 13.6. The molecule has 0 saturated carbocycles. The molecular formula is C47H60N12O6. The second kappa shape index (κ2) is 18.4. The largest absolute Gasteiger partial charge is 0.364 e. The van der Waals surface area contributed by atoms with Gasteiger partial charge in [-0.2, -0.15) is 0 Å². The van der Waals surface area contributed by atoms with Gasteiger partial charge in [0.05, 0.1) is 18.8 Å². The van der Waals surface area contributed by atoms with Gasteiger partial charge < -0.3 is 40.4 Å². The number of nitrogens with one attached hydrogen (secondary N) is 2. The molecule has 6 aliphatic heterocycles. The molecule has 9 rings (SSSR count). The summed E-state index contributed by atoms with van der Waals surface area (Å²) in [6.45, 7) is 11.4. The number of primary amides is 1. The highest BCUT2D eigenvalue weighted by Gasteiger charge is 2.40. The maximum Gasteiger partial charge on any atom is 0.320 e. The Balaban J connectivity index is 0.734. The lowest BCUT2D eigenvalue weighted by molar-refractivity contribution is -0.137. The van der Waals surface area contributed by atoms with Crippen molar-refractivity contribution in [3.05, 3.63) is 76.6 Å². The van der Waals surface area contributed by atoms with Gasteiger partial charge in [-0.05, 0) is 78.8 Å². The highest BCUT2D eigenvalue weighted by molar-refractivity contribution is 6.05. The lowest BCUT2D eigenvalue weighted by Gasteiger charge is -2.41. The molecule has 18 nitrogen and oxygen atoms in total. The summed E-state index contributed by atoms with van der Waals surface area (Å²) in [5.74, 6) is -0.440. The fraction of sp³-hybridized carbons (Fsp3) is 0.532. The van der Waals surface area contributed by atoms with Crippen molar-refractivity contribution < 1.29 is 28.8 Å². The van der Waals surface area contributed by atoms with Gasteiger partial charge in [-0.15, -0.1) is 0 Å². The SMILES string of the molecule is CN1CCN([C@@H]2CCCN(c3cnc(C(N)=O)c(Nc4ccc(C5(C)CCN(C(=O)CN6CCN(CCc7cccc8c7CN(C7CCC(=O)NC7=O)C8=O)CC6)CC5)cc4)n3)C2)C1=O. The van der Waals surface area contributed by atoms with Gasteiger partial charge in [-0.25, -0.2) is 14.8 Å². The summed E-state index contributed by atoms with van der Waals surface area (Å²) in [4.78, 5) is 99.5. The Morgan fingerprint density at radius 2 is 1.65 bits per heavy atom. The fourth-order valence-electron chi connectivity index (χ4n) is 10.5. The van der Waals surface area contributed by atoms with Crippen molar-refractivity contribution >= 4 is 52.9 Å². The number of rotatable bonds is 12. The Kier molecular flexibility index (Phi) is 12.5. The van der Waals surface area contributed by atoms with Gasteiger partial charge in [0.25, 0.3) is 11.8 Å². The van der Waals surface area contributed by atoms with Crippen LogP contribution in [0.1, 0.15) is 83.0 Å². The Bertz CT molecular complexity index is 2340. The standard InChI is InChI=1S/C47H60N12O6/c1-47(32-8-10-33(11-9-32)50-43-41(42(48)62)49-27-38(51-43)57-17-4-6-34(28-57)58-26-21-53(2)46(58)65)15-19-56(20-16-47)40(61)30-55-24-22-54(23-25-55)18-14-31-5-3-7-35-36(31)29-59(45(35)64)37-12-13-39(60)52-44(37)63/h3,5,7-11,27,34,37H,4,6,12-26,28-30H2,1-2H3,(H2,48,62)(H,50,51)(H,52,60,63)/t34-,37?/m1/s1. The number of anilines is 3. The van der Waals surface area contributed by atoms with E-state index < -0.39 is 17.9 Å². The molecule has 2 atom stereocenters. The Morgan fingerprint density at radius 3 is 2.35 bits per heavy atom. The van der Waals surface area contributed by atoms with Gasteiger partial charge >= 0.3 is 6.03 Å². The Labute approximate surface area is 379 Å². The molecule has 1 aromatic heterocycles. The van der Waals surface area contributed by atoms with E-state index >= 15 is 0 Å². The number of piperidine rings is 3. The quantitative estimate of drug-likeness (QED) is 0.224. The highest BCUT2D eigenvalue weighted by Crippen LogP contribution is 2.36. The third-order valence-corrected chi connectivity index (χ3v) is 14.7. The molecular weight excluding hydrogens is 829 g/mol. The zero-order chi connectivity index (χ0) is 45.4. The van der Waals surface area contributed by atoms with Crippen molar-refractivity contribution in [3.8, 4) is 0 Å². The first-order valence-corrected chi connectivity index (χ1v) is 23.1. The number of carbonyl (C=O) groups excluding carboxylic acids is 6. The van der Waals surface area contributed by atoms with Crippen molar-refractivity contribution in [2.24, 2.45) is 5.73 Å². The normalized spacial score (nSPS) is 23.0. The fourth-order valence-corrected chi connectivity index (χ4v) is 10.5. The number of piperazine rings is 1. The van der Waals surface area contributed by atoms with Crippen molar-refractivity contribution in [1.82, 2.24) is 44.7 Å². The minimum absolute atomic E-state index is 0.0550. The maximum atomic E-state index is 13.6. The number of urea groups is 1. The summed E-state index contributed by atoms with van der Waals surface area (Å²) >= 11 is 0. The lowest BCUT2D eigenvalue weighted by atomic mass is 9.74. The third kappa shape index (κ3) is 9.23. The van der Waals surface area contributed by atoms with Crippen molar-refractivity contribution in [2.45, 2.75) is 75.9 Å². The number of fused-ring (bicyclic) bond motifs is 1. The topological polar surface area (TPSA) is 201 Å². The van der Waals surface area contributed by atoms with E-state index in [0.29, 0.717) is 57.1 Å². The zero-order valence-electron chi connectivity index (χ0n) is 37.5. The zero-order valence-corrected chi connectivity index (χ0v) is 37.5. The first kappa shape index (κ1) is 44.1. The predicted molar refractivity (Wildman–Crippen MR) is 242 cm³/mol. The van der Waals surface area contributed by atoms with Gasteiger partial charge in [0.1, 0.15) is 11.9 Å². The third-order valence-electron chi connectivity index (χ3n) is 14.7. The average Bonchev–Trinajstić information content (AvgIpc) is 3.83. The summed E-state index contributed by atoms with van der Waals surface area (Å²) in [6.07, 6.45) is 6.47. The number of hydrogen-bond acceptors (Lipinski definition) is 12. The number of imide groups is 1. The molecule has 6 aliphatic rings. The molecule has 344 valence electrons. The van der Waals surface area contributed by atoms with E-state index in [4.69, 9.17) is 10.7 Å². The van der Waals surface area contributed by atoms with E-state index in [1.165, 1.54) is 5.56 Å². The molecule has 65 heavy (non-hydrogen) atoms. The van der Waals surface area contributed by atoms with Crippen LogP contribution in [0.25, 0.3) is 0 Å². The number of amides is 7. The predicted octanol–water partition coefficient (Wildman–Crippen LogP) is 2.16. The van der Waals surface area contributed by atoms with Crippen molar-refractivity contribution in [3.63, 3.8) is 0 Å². The van der Waals surface area contributed by atoms with Crippen LogP contribution in [0.2, 0.25) is 0 Å². The summed E-state index contributed by atoms with van der Waals surface area (Å²) in [5, 5.41) is 5.67. The van der Waals surface area contributed by atoms with E-state index in [1.54, 1.807) is 16.0 Å². The molecule has 0 spiro atoms. The average molecular weight is 889 g/mol. The number of benzene rings is 2. The number of aromatic nitrogens is 2. The van der Waals surface area contributed by atoms with Crippen molar-refractivity contribution in [2.75, 3.05) is 95.8 Å². The molecule has 1 unspecified atom stereocenters. The molecule has 18 heteroatoms. The molecule has 0 aliphatic carbocycles. The van der Waals surface area contributed by atoms with Crippen LogP contribution in [0.5, 0.6) is 0 Å². The van der Waals surface area contributed by atoms with Crippen LogP contribution >= 0.6 is 0 Å². The molecule has 2 aromatic carbocycles. The van der Waals surface area contributed by atoms with Crippen LogP contribution in [0.3, 0.4) is 0 Å². The lowest BCUT2D eigenvalue weighted by Crippen LogP contribution is -2.52.